The van der Waals surface area contributed by atoms with Crippen LogP contribution in [0.25, 0.3) is 0 Å². The highest BCUT2D eigenvalue weighted by Crippen LogP contribution is 2.13. The number of benzene rings is 1. The number of hydrogen-bond donors (Lipinski definition) is 2. The van der Waals surface area contributed by atoms with E-state index in [2.05, 4.69) is 10.6 Å². The van der Waals surface area contributed by atoms with E-state index >= 15 is 0 Å². The van der Waals surface area contributed by atoms with Crippen molar-refractivity contribution >= 4 is 34.8 Å². The Kier molecular flexibility index (Phi) is 12.0. The van der Waals surface area contributed by atoms with Gasteiger partial charge < -0.3 is 15.4 Å². The largest absolute Gasteiger partial charge is 0.384 e. The van der Waals surface area contributed by atoms with Crippen molar-refractivity contribution < 1.29 is 13.7 Å². The van der Waals surface area contributed by atoms with Crippen molar-refractivity contribution in [3.63, 3.8) is 0 Å². The molecular weight excluding hydrogens is 324 g/mol. The molecule has 0 saturated heterocycles. The van der Waals surface area contributed by atoms with Gasteiger partial charge in [-0.1, -0.05) is 12.1 Å². The predicted octanol–water partition coefficient (Wildman–Crippen LogP) is 1.94. The van der Waals surface area contributed by atoms with Crippen LogP contribution in [0.1, 0.15) is 18.4 Å². The first-order valence-electron chi connectivity index (χ1n) is 7.03. The minimum Gasteiger partial charge on any atom is -0.384 e. The van der Waals surface area contributed by atoms with Gasteiger partial charge in [-0.05, 0) is 37.7 Å². The first-order chi connectivity index (χ1) is 10.2. The molecule has 0 heterocycles. The number of carbonyl (C=O) groups is 1. The van der Waals surface area contributed by atoms with Crippen molar-refractivity contribution in [3.05, 3.63) is 29.8 Å². The van der Waals surface area contributed by atoms with Crippen LogP contribution in [0, 0.1) is 0 Å². The molecule has 5 nitrogen and oxygen atoms in total. The molecule has 1 atom stereocenters. The Morgan fingerprint density at radius 1 is 1.36 bits per heavy atom. The molecule has 0 aliphatic rings. The lowest BCUT2D eigenvalue weighted by molar-refractivity contribution is -0.116. The molecule has 0 fully saturated rings. The number of nitrogens with one attached hydrogen (secondary N) is 2. The lowest BCUT2D eigenvalue weighted by Crippen LogP contribution is -2.15. The highest BCUT2D eigenvalue weighted by atomic mass is 35.5. The molecule has 1 unspecified atom stereocenters. The summed E-state index contributed by atoms with van der Waals surface area (Å²) in [5, 5.41) is 5.88. The van der Waals surface area contributed by atoms with Gasteiger partial charge in [0, 0.05) is 41.5 Å². The molecule has 0 bridgehead atoms. The van der Waals surface area contributed by atoms with Crippen LogP contribution in [-0.4, -0.2) is 43.2 Å². The van der Waals surface area contributed by atoms with E-state index in [1.54, 1.807) is 7.11 Å². The monoisotopic (exact) mass is 348 g/mol. The number of hydrogen-bond acceptors (Lipinski definition) is 4. The van der Waals surface area contributed by atoms with E-state index in [1.807, 2.05) is 31.3 Å². The number of anilines is 1. The van der Waals surface area contributed by atoms with Crippen molar-refractivity contribution in [2.45, 2.75) is 18.6 Å². The van der Waals surface area contributed by atoms with Crippen LogP contribution in [0.15, 0.2) is 24.3 Å². The lowest BCUT2D eigenvalue weighted by Gasteiger charge is -2.08. The van der Waals surface area contributed by atoms with Gasteiger partial charge in [0.05, 0.1) is 6.61 Å². The molecule has 126 valence electrons. The Hall–Kier alpha value is -0.950. The van der Waals surface area contributed by atoms with Gasteiger partial charge in [0.1, 0.15) is 0 Å². The lowest BCUT2D eigenvalue weighted by atomic mass is 10.2. The average molecular weight is 349 g/mol. The molecule has 0 aliphatic heterocycles. The van der Waals surface area contributed by atoms with Gasteiger partial charge in [-0.3, -0.25) is 9.00 Å². The maximum Gasteiger partial charge on any atom is 0.224 e. The highest BCUT2D eigenvalue weighted by Gasteiger charge is 2.05. The zero-order valence-electron chi connectivity index (χ0n) is 13.1. The molecular formula is C15H25ClN2O3S. The van der Waals surface area contributed by atoms with Crippen molar-refractivity contribution in [3.8, 4) is 0 Å². The molecule has 0 aliphatic carbocycles. The SMILES string of the molecule is CNCCCC(=O)Nc1cccc(CS(=O)CCOC)c1.Cl. The Morgan fingerprint density at radius 3 is 2.82 bits per heavy atom. The van der Waals surface area contributed by atoms with Gasteiger partial charge in [0.25, 0.3) is 0 Å². The van der Waals surface area contributed by atoms with Crippen molar-refractivity contribution in [1.82, 2.24) is 5.32 Å². The second-order valence-electron chi connectivity index (χ2n) is 4.74. The van der Waals surface area contributed by atoms with Crippen molar-refractivity contribution in [1.29, 1.82) is 0 Å². The fourth-order valence-corrected chi connectivity index (χ4v) is 2.87. The Bertz CT molecular complexity index is 472. The molecule has 0 aromatic heterocycles. The van der Waals surface area contributed by atoms with E-state index < -0.39 is 10.8 Å². The van der Waals surface area contributed by atoms with E-state index in [0.717, 1.165) is 24.2 Å². The minimum atomic E-state index is -0.944. The maximum atomic E-state index is 11.8. The molecule has 1 amide bonds. The van der Waals surface area contributed by atoms with E-state index in [-0.39, 0.29) is 18.3 Å². The van der Waals surface area contributed by atoms with Gasteiger partial charge in [-0.15, -0.1) is 12.4 Å². The fourth-order valence-electron chi connectivity index (χ4n) is 1.82. The smallest absolute Gasteiger partial charge is 0.224 e. The van der Waals surface area contributed by atoms with Crippen LogP contribution in [-0.2, 0) is 26.1 Å². The zero-order chi connectivity index (χ0) is 15.5. The molecule has 0 radical (unpaired) electrons. The minimum absolute atomic E-state index is 0. The summed E-state index contributed by atoms with van der Waals surface area (Å²) in [6.45, 7) is 1.32. The number of rotatable bonds is 10. The van der Waals surface area contributed by atoms with Crippen LogP contribution in [0.5, 0.6) is 0 Å². The number of carbonyl (C=O) groups excluding carboxylic acids is 1. The molecule has 1 aromatic rings. The number of halogens is 1. The molecule has 1 rings (SSSR count). The summed E-state index contributed by atoms with van der Waals surface area (Å²) in [5.74, 6) is 1.01. The first-order valence-corrected chi connectivity index (χ1v) is 8.52. The van der Waals surface area contributed by atoms with Crippen molar-refractivity contribution in [2.75, 3.05) is 38.4 Å². The third-order valence-electron chi connectivity index (χ3n) is 2.88. The summed E-state index contributed by atoms with van der Waals surface area (Å²) >= 11 is 0. The highest BCUT2D eigenvalue weighted by molar-refractivity contribution is 7.84. The summed E-state index contributed by atoms with van der Waals surface area (Å²) in [4.78, 5) is 11.7. The Morgan fingerprint density at radius 2 is 2.14 bits per heavy atom. The van der Waals surface area contributed by atoms with E-state index in [4.69, 9.17) is 4.74 Å². The van der Waals surface area contributed by atoms with Crippen LogP contribution < -0.4 is 10.6 Å². The summed E-state index contributed by atoms with van der Waals surface area (Å²) in [5.41, 5.74) is 1.71. The summed E-state index contributed by atoms with van der Waals surface area (Å²) in [7, 11) is 2.52. The van der Waals surface area contributed by atoms with E-state index in [9.17, 15) is 9.00 Å². The molecule has 22 heavy (non-hydrogen) atoms. The van der Waals surface area contributed by atoms with Gasteiger partial charge in [-0.2, -0.15) is 0 Å². The Balaban J connectivity index is 0.00000441. The quantitative estimate of drug-likeness (QED) is 0.634. The normalized spacial score (nSPS) is 11.5. The topological polar surface area (TPSA) is 67.4 Å². The summed E-state index contributed by atoms with van der Waals surface area (Å²) in [6.07, 6.45) is 1.30. The molecule has 7 heteroatoms. The van der Waals surface area contributed by atoms with Gasteiger partial charge in [0.15, 0.2) is 0 Å². The van der Waals surface area contributed by atoms with Gasteiger partial charge in [-0.25, -0.2) is 0 Å². The average Bonchev–Trinajstić information content (AvgIpc) is 2.45. The molecule has 0 spiro atoms. The number of ether oxygens (including phenoxy) is 1. The first kappa shape index (κ1) is 21.0. The standard InChI is InChI=1S/C15H24N2O3S.ClH/c1-16-8-4-7-15(18)17-14-6-3-5-13(11-14)12-21(19)10-9-20-2;/h3,5-6,11,16H,4,7-10,12H2,1-2H3,(H,17,18);1H. The summed E-state index contributed by atoms with van der Waals surface area (Å²) < 4.78 is 16.7. The zero-order valence-corrected chi connectivity index (χ0v) is 14.7. The third kappa shape index (κ3) is 9.15. The van der Waals surface area contributed by atoms with Crippen molar-refractivity contribution in [2.24, 2.45) is 0 Å². The van der Waals surface area contributed by atoms with Crippen LogP contribution in [0.2, 0.25) is 0 Å². The maximum absolute atomic E-state index is 11.8. The number of amides is 1. The summed E-state index contributed by atoms with van der Waals surface area (Å²) in [6, 6.07) is 7.51. The van der Waals surface area contributed by atoms with E-state index in [1.165, 1.54) is 0 Å². The molecule has 1 aromatic carbocycles. The molecule has 2 N–H and O–H groups in total. The van der Waals surface area contributed by atoms with Gasteiger partial charge >= 0.3 is 0 Å². The second kappa shape index (κ2) is 12.6. The third-order valence-corrected chi connectivity index (χ3v) is 4.16. The number of methoxy groups -OCH3 is 1. The Labute approximate surface area is 141 Å². The second-order valence-corrected chi connectivity index (χ2v) is 6.31. The molecule has 0 saturated carbocycles. The van der Waals surface area contributed by atoms with Gasteiger partial charge in [0.2, 0.25) is 5.91 Å². The predicted molar refractivity (Wildman–Crippen MR) is 94.1 cm³/mol. The fraction of sp³-hybridized carbons (Fsp3) is 0.533. The van der Waals surface area contributed by atoms with Crippen LogP contribution in [0.4, 0.5) is 5.69 Å². The van der Waals surface area contributed by atoms with E-state index in [0.29, 0.717) is 24.5 Å². The van der Waals surface area contributed by atoms with Crippen LogP contribution >= 0.6 is 12.4 Å². The van der Waals surface area contributed by atoms with Crippen LogP contribution in [0.3, 0.4) is 0 Å².